The number of amides is 1. The summed E-state index contributed by atoms with van der Waals surface area (Å²) in [4.78, 5) is 29.9. The van der Waals surface area contributed by atoms with Gasteiger partial charge in [-0.15, -0.1) is 0 Å². The maximum Gasteiger partial charge on any atom is 0.320 e. The maximum absolute atomic E-state index is 10.1. The summed E-state index contributed by atoms with van der Waals surface area (Å²) < 4.78 is 0. The molecule has 17 heavy (non-hydrogen) atoms. The van der Waals surface area contributed by atoms with Gasteiger partial charge >= 0.3 is 11.9 Å². The third kappa shape index (κ3) is 17.0. The first-order valence-electron chi connectivity index (χ1n) is 5.29. The Hall–Kier alpha value is -1.63. The van der Waals surface area contributed by atoms with E-state index < -0.39 is 23.9 Å². The third-order valence-corrected chi connectivity index (χ3v) is 1.76. The fourth-order valence-electron chi connectivity index (χ4n) is 0.749. The molecular weight excluding hydrogens is 228 g/mol. The molecule has 0 aromatic heterocycles. The lowest BCUT2D eigenvalue weighted by atomic mass is 10.2. The number of carboxylic acid groups (broad SMARTS) is 2. The van der Waals surface area contributed by atoms with Gasteiger partial charge in [0.25, 0.3) is 0 Å². The molecule has 0 spiro atoms. The van der Waals surface area contributed by atoms with Crippen LogP contribution in [0.2, 0.25) is 0 Å². The van der Waals surface area contributed by atoms with E-state index in [9.17, 15) is 14.4 Å². The minimum Gasteiger partial charge on any atom is -0.481 e. The van der Waals surface area contributed by atoms with Gasteiger partial charge in [-0.3, -0.25) is 14.4 Å². The number of carbonyl (C=O) groups is 3. The van der Waals surface area contributed by atoms with Gasteiger partial charge in [0.05, 0.1) is 0 Å². The number of rotatable bonds is 7. The molecule has 0 aliphatic carbocycles. The number of carbonyl (C=O) groups excluding carboxylic acids is 1. The number of nitrogens with two attached hydrogens (primary N) is 2. The predicted octanol–water partition coefficient (Wildman–Crippen LogP) is -0.0750. The van der Waals surface area contributed by atoms with Gasteiger partial charge in [0.15, 0.2) is 0 Å². The van der Waals surface area contributed by atoms with E-state index in [1.807, 2.05) is 6.92 Å². The second kappa shape index (κ2) is 10.9. The average molecular weight is 248 g/mol. The molecule has 7 nitrogen and oxygen atoms in total. The van der Waals surface area contributed by atoms with Crippen molar-refractivity contribution in [1.29, 1.82) is 0 Å². The van der Waals surface area contributed by atoms with E-state index in [1.165, 1.54) is 0 Å². The lowest BCUT2D eigenvalue weighted by Crippen LogP contribution is -2.31. The molecule has 0 saturated heterocycles. The number of hydrogen-bond acceptors (Lipinski definition) is 4. The van der Waals surface area contributed by atoms with Crippen LogP contribution in [0.15, 0.2) is 0 Å². The van der Waals surface area contributed by atoms with Crippen molar-refractivity contribution in [1.82, 2.24) is 0 Å². The van der Waals surface area contributed by atoms with E-state index in [0.29, 0.717) is 6.42 Å². The Morgan fingerprint density at radius 3 is 1.94 bits per heavy atom. The zero-order valence-electron chi connectivity index (χ0n) is 9.89. The molecule has 7 heteroatoms. The minimum atomic E-state index is -1.11. The molecule has 0 fully saturated rings. The normalized spacial score (nSPS) is 10.9. The highest BCUT2D eigenvalue weighted by Gasteiger charge is 2.11. The van der Waals surface area contributed by atoms with Crippen LogP contribution in [0.1, 0.15) is 39.0 Å². The van der Waals surface area contributed by atoms with E-state index in [4.69, 9.17) is 21.7 Å². The van der Waals surface area contributed by atoms with Gasteiger partial charge in [-0.1, -0.05) is 13.3 Å². The van der Waals surface area contributed by atoms with Gasteiger partial charge in [0.1, 0.15) is 6.04 Å². The molecule has 0 rings (SSSR count). The number of unbranched alkanes of at least 4 members (excludes halogenated alkanes) is 1. The Bertz CT molecular complexity index is 255. The van der Waals surface area contributed by atoms with Crippen molar-refractivity contribution in [2.75, 3.05) is 0 Å². The molecule has 6 N–H and O–H groups in total. The Kier molecular flexibility index (Phi) is 11.4. The summed E-state index contributed by atoms with van der Waals surface area (Å²) in [5.41, 5.74) is 9.81. The second-order valence-corrected chi connectivity index (χ2v) is 3.45. The monoisotopic (exact) mass is 248 g/mol. The van der Waals surface area contributed by atoms with E-state index in [1.54, 1.807) is 0 Å². The van der Waals surface area contributed by atoms with Crippen molar-refractivity contribution in [2.24, 2.45) is 11.5 Å². The van der Waals surface area contributed by atoms with Gasteiger partial charge in [0.2, 0.25) is 5.91 Å². The van der Waals surface area contributed by atoms with Crippen molar-refractivity contribution >= 4 is 17.8 Å². The van der Waals surface area contributed by atoms with E-state index >= 15 is 0 Å². The molecule has 0 aliphatic heterocycles. The second-order valence-electron chi connectivity index (χ2n) is 3.45. The maximum atomic E-state index is 10.1. The molecule has 0 radical (unpaired) electrons. The van der Waals surface area contributed by atoms with Gasteiger partial charge in [-0.2, -0.15) is 0 Å². The predicted molar refractivity (Wildman–Crippen MR) is 61.2 cm³/mol. The van der Waals surface area contributed by atoms with Gasteiger partial charge in [-0.05, 0) is 12.8 Å². The van der Waals surface area contributed by atoms with E-state index in [-0.39, 0.29) is 12.8 Å². The van der Waals surface area contributed by atoms with E-state index in [0.717, 1.165) is 12.8 Å². The lowest BCUT2D eigenvalue weighted by molar-refractivity contribution is -0.139. The smallest absolute Gasteiger partial charge is 0.320 e. The minimum absolute atomic E-state index is 0.0213. The summed E-state index contributed by atoms with van der Waals surface area (Å²) >= 11 is 0. The van der Waals surface area contributed by atoms with Crippen LogP contribution in [0.4, 0.5) is 0 Å². The third-order valence-electron chi connectivity index (χ3n) is 1.76. The van der Waals surface area contributed by atoms with Crippen LogP contribution in [-0.2, 0) is 14.4 Å². The SMILES string of the molecule is CCCCC(=O)O.NC(=O)CC[C@H](N)C(=O)O. The molecule has 1 atom stereocenters. The summed E-state index contributed by atoms with van der Waals surface area (Å²) in [5, 5.41) is 16.3. The summed E-state index contributed by atoms with van der Waals surface area (Å²) in [6, 6.07) is -0.979. The lowest BCUT2D eigenvalue weighted by Gasteiger charge is -2.01. The first kappa shape index (κ1) is 17.8. The molecule has 0 unspecified atom stereocenters. The summed E-state index contributed by atoms with van der Waals surface area (Å²) in [6.07, 6.45) is 2.20. The Morgan fingerprint density at radius 2 is 1.71 bits per heavy atom. The van der Waals surface area contributed by atoms with E-state index in [2.05, 4.69) is 0 Å². The molecule has 0 aromatic rings. The highest BCUT2D eigenvalue weighted by Crippen LogP contribution is 1.92. The topological polar surface area (TPSA) is 144 Å². The number of primary amides is 1. The summed E-state index contributed by atoms with van der Waals surface area (Å²) in [7, 11) is 0. The molecule has 0 aromatic carbocycles. The van der Waals surface area contributed by atoms with Crippen molar-refractivity contribution < 1.29 is 24.6 Å². The Labute approximate surface area is 99.8 Å². The average Bonchev–Trinajstić information content (AvgIpc) is 2.23. The van der Waals surface area contributed by atoms with Gasteiger partial charge in [-0.25, -0.2) is 0 Å². The summed E-state index contributed by atoms with van der Waals surface area (Å²) in [5.74, 6) is -2.33. The molecule has 0 saturated carbocycles. The van der Waals surface area contributed by atoms with Crippen LogP contribution in [0.5, 0.6) is 0 Å². The fraction of sp³-hybridized carbons (Fsp3) is 0.700. The van der Waals surface area contributed by atoms with Crippen molar-refractivity contribution in [3.63, 3.8) is 0 Å². The first-order chi connectivity index (χ1) is 7.81. The highest BCUT2D eigenvalue weighted by molar-refractivity contribution is 5.76. The molecule has 0 heterocycles. The molecule has 0 aliphatic rings. The fourth-order valence-corrected chi connectivity index (χ4v) is 0.749. The largest absolute Gasteiger partial charge is 0.481 e. The molecule has 100 valence electrons. The number of aliphatic carboxylic acids is 2. The molecule has 1 amide bonds. The number of hydrogen-bond donors (Lipinski definition) is 4. The quantitative estimate of drug-likeness (QED) is 0.496. The van der Waals surface area contributed by atoms with Crippen LogP contribution in [-0.4, -0.2) is 34.1 Å². The van der Waals surface area contributed by atoms with Crippen LogP contribution >= 0.6 is 0 Å². The van der Waals surface area contributed by atoms with Crippen LogP contribution < -0.4 is 11.5 Å². The zero-order chi connectivity index (χ0) is 13.8. The first-order valence-corrected chi connectivity index (χ1v) is 5.29. The van der Waals surface area contributed by atoms with Gasteiger partial charge in [0, 0.05) is 12.8 Å². The van der Waals surface area contributed by atoms with Gasteiger partial charge < -0.3 is 21.7 Å². The number of carboxylic acids is 2. The van der Waals surface area contributed by atoms with Crippen LogP contribution in [0, 0.1) is 0 Å². The van der Waals surface area contributed by atoms with Crippen molar-refractivity contribution in [3.8, 4) is 0 Å². The van der Waals surface area contributed by atoms with Crippen LogP contribution in [0.3, 0.4) is 0 Å². The zero-order valence-corrected chi connectivity index (χ0v) is 9.89. The standard InChI is InChI=1S/C5H10N2O3.C5H10O2/c6-3(5(9)10)1-2-4(7)8;1-2-3-4-5(6)7/h3H,1-2,6H2,(H2,7,8)(H,9,10);2-4H2,1H3,(H,6,7)/t3-;/m0./s1. The highest BCUT2D eigenvalue weighted by atomic mass is 16.4. The Morgan fingerprint density at radius 1 is 1.18 bits per heavy atom. The van der Waals surface area contributed by atoms with Crippen LogP contribution in [0.25, 0.3) is 0 Å². The molecule has 0 bridgehead atoms. The summed E-state index contributed by atoms with van der Waals surface area (Å²) in [6.45, 7) is 1.98. The van der Waals surface area contributed by atoms with Crippen molar-refractivity contribution in [3.05, 3.63) is 0 Å². The molecular formula is C10H20N2O5. The Balaban J connectivity index is 0. The van der Waals surface area contributed by atoms with Crippen molar-refractivity contribution in [2.45, 2.75) is 45.1 Å².